The first kappa shape index (κ1) is 16.2. The fourth-order valence-electron chi connectivity index (χ4n) is 1.68. The summed E-state index contributed by atoms with van der Waals surface area (Å²) in [5.74, 6) is 0.705. The smallest absolute Gasteiger partial charge is 0.243 e. The van der Waals surface area contributed by atoms with Gasteiger partial charge in [0.1, 0.15) is 5.75 Å². The van der Waals surface area contributed by atoms with Crippen LogP contribution in [0.2, 0.25) is 0 Å². The van der Waals surface area contributed by atoms with E-state index in [4.69, 9.17) is 9.84 Å². The molecule has 2 N–H and O–H groups in total. The van der Waals surface area contributed by atoms with E-state index in [0.717, 1.165) is 17.7 Å². The highest BCUT2D eigenvalue weighted by atomic mass is 16.5. The van der Waals surface area contributed by atoms with Crippen molar-refractivity contribution in [3.63, 3.8) is 0 Å². The predicted molar refractivity (Wildman–Crippen MR) is 80.6 cm³/mol. The van der Waals surface area contributed by atoms with Crippen molar-refractivity contribution in [1.82, 2.24) is 5.32 Å². The van der Waals surface area contributed by atoms with E-state index in [9.17, 15) is 4.79 Å². The Labute approximate surface area is 120 Å². The maximum atomic E-state index is 11.5. The zero-order chi connectivity index (χ0) is 14.8. The molecule has 0 fully saturated rings. The van der Waals surface area contributed by atoms with Crippen LogP contribution in [0.15, 0.2) is 30.3 Å². The van der Waals surface area contributed by atoms with E-state index in [1.54, 1.807) is 13.0 Å². The van der Waals surface area contributed by atoms with Crippen molar-refractivity contribution in [3.05, 3.63) is 35.9 Å². The summed E-state index contributed by atoms with van der Waals surface area (Å²) < 4.78 is 5.35. The van der Waals surface area contributed by atoms with E-state index >= 15 is 0 Å². The van der Waals surface area contributed by atoms with E-state index in [1.807, 2.05) is 31.2 Å². The van der Waals surface area contributed by atoms with Crippen LogP contribution in [0.1, 0.15) is 32.3 Å². The van der Waals surface area contributed by atoms with Gasteiger partial charge in [-0.3, -0.25) is 4.79 Å². The molecule has 0 aliphatic carbocycles. The SMILES string of the molecule is CCOc1ccc(/C=C/C(=O)NCCCC(C)O)cc1. The van der Waals surface area contributed by atoms with Gasteiger partial charge in [0.05, 0.1) is 12.7 Å². The van der Waals surface area contributed by atoms with Gasteiger partial charge in [-0.15, -0.1) is 0 Å². The van der Waals surface area contributed by atoms with Crippen molar-refractivity contribution in [2.24, 2.45) is 0 Å². The van der Waals surface area contributed by atoms with Crippen LogP contribution >= 0.6 is 0 Å². The molecule has 0 bridgehead atoms. The topological polar surface area (TPSA) is 58.6 Å². The lowest BCUT2D eigenvalue weighted by atomic mass is 10.2. The number of hydrogen-bond donors (Lipinski definition) is 2. The fourth-order valence-corrected chi connectivity index (χ4v) is 1.68. The molecule has 20 heavy (non-hydrogen) atoms. The molecule has 4 nitrogen and oxygen atoms in total. The average molecular weight is 277 g/mol. The molecular formula is C16H23NO3. The zero-order valence-electron chi connectivity index (χ0n) is 12.1. The van der Waals surface area contributed by atoms with E-state index in [2.05, 4.69) is 5.32 Å². The van der Waals surface area contributed by atoms with E-state index in [1.165, 1.54) is 6.08 Å². The zero-order valence-corrected chi connectivity index (χ0v) is 12.1. The van der Waals surface area contributed by atoms with Gasteiger partial charge in [-0.25, -0.2) is 0 Å². The second-order valence-electron chi connectivity index (χ2n) is 4.62. The Balaban J connectivity index is 2.33. The molecule has 1 amide bonds. The van der Waals surface area contributed by atoms with Crippen molar-refractivity contribution < 1.29 is 14.6 Å². The van der Waals surface area contributed by atoms with E-state index < -0.39 is 0 Å². The number of carbonyl (C=O) groups excluding carboxylic acids is 1. The third-order valence-corrected chi connectivity index (χ3v) is 2.72. The predicted octanol–water partition coefficient (Wildman–Crippen LogP) is 2.38. The normalized spacial score (nSPS) is 12.3. The van der Waals surface area contributed by atoms with Gasteiger partial charge in [-0.1, -0.05) is 12.1 Å². The van der Waals surface area contributed by atoms with Gasteiger partial charge >= 0.3 is 0 Å². The summed E-state index contributed by atoms with van der Waals surface area (Å²) in [6.45, 7) is 4.91. The number of rotatable bonds is 8. The van der Waals surface area contributed by atoms with Crippen molar-refractivity contribution >= 4 is 12.0 Å². The molecule has 1 unspecified atom stereocenters. The van der Waals surface area contributed by atoms with Crippen LogP contribution in [0.25, 0.3) is 6.08 Å². The van der Waals surface area contributed by atoms with Crippen molar-refractivity contribution in [1.29, 1.82) is 0 Å². The Kier molecular flexibility index (Phi) is 7.43. The minimum atomic E-state index is -0.314. The van der Waals surface area contributed by atoms with Crippen LogP contribution in [0.5, 0.6) is 5.75 Å². The second-order valence-corrected chi connectivity index (χ2v) is 4.62. The largest absolute Gasteiger partial charge is 0.494 e. The monoisotopic (exact) mass is 277 g/mol. The molecule has 0 aromatic heterocycles. The fraction of sp³-hybridized carbons (Fsp3) is 0.438. The summed E-state index contributed by atoms with van der Waals surface area (Å²) in [5.41, 5.74) is 0.951. The molecule has 0 aliphatic heterocycles. The number of benzene rings is 1. The summed E-state index contributed by atoms with van der Waals surface area (Å²) in [4.78, 5) is 11.5. The first-order chi connectivity index (χ1) is 9.61. The molecule has 0 saturated heterocycles. The molecule has 1 atom stereocenters. The van der Waals surface area contributed by atoms with Gasteiger partial charge in [0, 0.05) is 12.6 Å². The standard InChI is InChI=1S/C16H23NO3/c1-3-20-15-9-6-14(7-10-15)8-11-16(19)17-12-4-5-13(2)18/h6-11,13,18H,3-5,12H2,1-2H3,(H,17,19)/b11-8+. The molecule has 0 radical (unpaired) electrons. The number of amides is 1. The Bertz CT molecular complexity index is 424. The highest BCUT2D eigenvalue weighted by molar-refractivity contribution is 5.91. The summed E-state index contributed by atoms with van der Waals surface area (Å²) in [7, 11) is 0. The Morgan fingerprint density at radius 3 is 2.70 bits per heavy atom. The van der Waals surface area contributed by atoms with E-state index in [-0.39, 0.29) is 12.0 Å². The maximum absolute atomic E-state index is 11.5. The molecule has 1 aromatic carbocycles. The number of aliphatic hydroxyl groups is 1. The van der Waals surface area contributed by atoms with Crippen LogP contribution in [-0.4, -0.2) is 30.3 Å². The number of hydrogen-bond acceptors (Lipinski definition) is 3. The Morgan fingerprint density at radius 1 is 1.40 bits per heavy atom. The molecule has 0 aliphatic rings. The number of nitrogens with one attached hydrogen (secondary N) is 1. The first-order valence-electron chi connectivity index (χ1n) is 6.98. The summed E-state index contributed by atoms with van der Waals surface area (Å²) >= 11 is 0. The number of aliphatic hydroxyl groups excluding tert-OH is 1. The second kappa shape index (κ2) is 9.15. The third kappa shape index (κ3) is 6.95. The molecule has 110 valence electrons. The molecule has 4 heteroatoms. The number of ether oxygens (including phenoxy) is 1. The van der Waals surface area contributed by atoms with Crippen LogP contribution in [0.4, 0.5) is 0 Å². The third-order valence-electron chi connectivity index (χ3n) is 2.72. The molecule has 1 rings (SSSR count). The molecule has 1 aromatic rings. The van der Waals surface area contributed by atoms with Crippen LogP contribution in [0, 0.1) is 0 Å². The Hall–Kier alpha value is -1.81. The van der Waals surface area contributed by atoms with Crippen molar-refractivity contribution in [3.8, 4) is 5.75 Å². The summed E-state index contributed by atoms with van der Waals surface area (Å²) in [6.07, 6.45) is 4.44. The minimum Gasteiger partial charge on any atom is -0.494 e. The lowest BCUT2D eigenvalue weighted by Crippen LogP contribution is -2.22. The maximum Gasteiger partial charge on any atom is 0.243 e. The number of carbonyl (C=O) groups is 1. The lowest BCUT2D eigenvalue weighted by molar-refractivity contribution is -0.116. The van der Waals surface area contributed by atoms with Gasteiger partial charge in [0.2, 0.25) is 5.91 Å². The van der Waals surface area contributed by atoms with Gasteiger partial charge < -0.3 is 15.2 Å². The van der Waals surface area contributed by atoms with Crippen LogP contribution in [-0.2, 0) is 4.79 Å². The molecule has 0 heterocycles. The first-order valence-corrected chi connectivity index (χ1v) is 6.98. The van der Waals surface area contributed by atoms with Crippen LogP contribution in [0.3, 0.4) is 0 Å². The molecule has 0 spiro atoms. The quantitative estimate of drug-likeness (QED) is 0.566. The van der Waals surface area contributed by atoms with Gasteiger partial charge in [0.25, 0.3) is 0 Å². The Morgan fingerprint density at radius 2 is 2.10 bits per heavy atom. The van der Waals surface area contributed by atoms with Gasteiger partial charge in [0.15, 0.2) is 0 Å². The summed E-state index contributed by atoms with van der Waals surface area (Å²) in [6, 6.07) is 7.57. The highest BCUT2D eigenvalue weighted by Crippen LogP contribution is 2.12. The molecular weight excluding hydrogens is 254 g/mol. The van der Waals surface area contributed by atoms with Gasteiger partial charge in [-0.2, -0.15) is 0 Å². The highest BCUT2D eigenvalue weighted by Gasteiger charge is 1.98. The average Bonchev–Trinajstić information content (AvgIpc) is 2.43. The lowest BCUT2D eigenvalue weighted by Gasteiger charge is -2.04. The van der Waals surface area contributed by atoms with Crippen molar-refractivity contribution in [2.75, 3.05) is 13.2 Å². The molecule has 0 saturated carbocycles. The summed E-state index contributed by atoms with van der Waals surface area (Å²) in [5, 5.41) is 11.9. The minimum absolute atomic E-state index is 0.121. The van der Waals surface area contributed by atoms with Gasteiger partial charge in [-0.05, 0) is 50.5 Å². The van der Waals surface area contributed by atoms with Crippen LogP contribution < -0.4 is 10.1 Å². The van der Waals surface area contributed by atoms with E-state index in [0.29, 0.717) is 19.6 Å². The van der Waals surface area contributed by atoms with Crippen molar-refractivity contribution in [2.45, 2.75) is 32.8 Å².